The molecular weight excluding hydrogens is 1210 g/mol. The molecule has 8 rings (SSSR count). The van der Waals surface area contributed by atoms with Crippen LogP contribution in [0.15, 0.2) is 170 Å². The van der Waals surface area contributed by atoms with Gasteiger partial charge in [0.05, 0.1) is 5.52 Å². The molecule has 0 saturated carbocycles. The van der Waals surface area contributed by atoms with Gasteiger partial charge in [-0.2, -0.15) is 0 Å². The second-order valence-corrected chi connectivity index (χ2v) is 26.1. The third-order valence-electron chi connectivity index (χ3n) is 16.0. The van der Waals surface area contributed by atoms with Gasteiger partial charge >= 0.3 is 24.2 Å². The number of carboxylic acids is 1. The lowest BCUT2D eigenvalue weighted by Gasteiger charge is -2.28. The Morgan fingerprint density at radius 2 is 0.895 bits per heavy atom. The summed E-state index contributed by atoms with van der Waals surface area (Å²) in [6.45, 7) is 13.7. The number of carbonyl (C=O) groups is 9. The van der Waals surface area contributed by atoms with Gasteiger partial charge < -0.3 is 56.5 Å². The number of alkyl carbamates (subject to hydrolysis) is 2. The van der Waals surface area contributed by atoms with Crippen molar-refractivity contribution < 1.29 is 62.5 Å². The van der Waals surface area contributed by atoms with Crippen LogP contribution < -0.4 is 37.2 Å². The minimum Gasteiger partial charge on any atom is -0.480 e. The number of hydrogen-bond acceptors (Lipinski definition) is 12. The number of nitrogens with zero attached hydrogens (tertiary/aromatic N) is 1. The summed E-state index contributed by atoms with van der Waals surface area (Å²) in [4.78, 5) is 128. The van der Waals surface area contributed by atoms with Crippen LogP contribution in [0.25, 0.3) is 22.0 Å². The van der Waals surface area contributed by atoms with Crippen molar-refractivity contribution in [1.82, 2.24) is 41.8 Å². The first-order chi connectivity index (χ1) is 45.3. The minimum atomic E-state index is -1.57. The van der Waals surface area contributed by atoms with Crippen LogP contribution in [0.3, 0.4) is 0 Å². The first-order valence-corrected chi connectivity index (χ1v) is 32.1. The maximum Gasteiger partial charge on any atom is 0.419 e. The maximum atomic E-state index is 15.5. The number of fused-ring (bicyclic) bond motifs is 4. The Balaban J connectivity index is 1.11. The lowest BCUT2D eigenvalue weighted by molar-refractivity contribution is -0.143. The van der Waals surface area contributed by atoms with Crippen molar-refractivity contribution >= 4 is 64.7 Å². The molecule has 0 spiro atoms. The molecule has 500 valence electrons. The van der Waals surface area contributed by atoms with Gasteiger partial charge in [-0.25, -0.2) is 19.2 Å². The van der Waals surface area contributed by atoms with E-state index < -0.39 is 107 Å². The third-order valence-corrected chi connectivity index (χ3v) is 16.0. The van der Waals surface area contributed by atoms with Crippen LogP contribution in [0.1, 0.15) is 114 Å². The summed E-state index contributed by atoms with van der Waals surface area (Å²) in [7, 11) is 0. The van der Waals surface area contributed by atoms with Gasteiger partial charge in [0.15, 0.2) is 0 Å². The Kier molecular flexibility index (Phi) is 24.1. The van der Waals surface area contributed by atoms with E-state index in [0.29, 0.717) is 39.6 Å². The van der Waals surface area contributed by atoms with Crippen LogP contribution in [-0.4, -0.2) is 124 Å². The van der Waals surface area contributed by atoms with Gasteiger partial charge in [-0.05, 0) is 117 Å². The Hall–Kier alpha value is -10.3. The number of nitrogens with one attached hydrogen (secondary N) is 7. The summed E-state index contributed by atoms with van der Waals surface area (Å²) >= 11 is 0. The highest BCUT2D eigenvalue weighted by molar-refractivity contribution is 5.98. The summed E-state index contributed by atoms with van der Waals surface area (Å²) < 4.78 is 18.4. The first kappa shape index (κ1) is 70.6. The topological polar surface area (TPSA) is 291 Å². The fourth-order valence-corrected chi connectivity index (χ4v) is 11.4. The number of aliphatic carboxylic acids is 1. The highest BCUT2D eigenvalue weighted by Gasteiger charge is 2.37. The highest BCUT2D eigenvalue weighted by atomic mass is 16.6. The smallest absolute Gasteiger partial charge is 0.419 e. The largest absolute Gasteiger partial charge is 0.480 e. The van der Waals surface area contributed by atoms with Gasteiger partial charge in [0.25, 0.3) is 0 Å². The first-order valence-electron chi connectivity index (χ1n) is 32.1. The molecule has 1 aliphatic carbocycles. The van der Waals surface area contributed by atoms with E-state index in [1.54, 1.807) is 165 Å². The summed E-state index contributed by atoms with van der Waals surface area (Å²) in [6.07, 6.45) is -0.708. The van der Waals surface area contributed by atoms with E-state index in [2.05, 4.69) is 37.2 Å². The number of unbranched alkanes of at least 4 members (excludes halogenated alkanes) is 1. The van der Waals surface area contributed by atoms with Crippen LogP contribution in [0.2, 0.25) is 0 Å². The second kappa shape index (κ2) is 32.5. The molecule has 95 heavy (non-hydrogen) atoms. The lowest BCUT2D eigenvalue weighted by atomic mass is 9.98. The summed E-state index contributed by atoms with van der Waals surface area (Å²) in [5, 5.41) is 30.1. The molecule has 6 atom stereocenters. The molecular formula is C74H86N8O13. The molecule has 21 nitrogen and oxygen atoms in total. The fourth-order valence-electron chi connectivity index (χ4n) is 11.4. The second-order valence-electron chi connectivity index (χ2n) is 26.1. The van der Waals surface area contributed by atoms with Gasteiger partial charge in [0.1, 0.15) is 54.1 Å². The van der Waals surface area contributed by atoms with E-state index in [9.17, 15) is 29.1 Å². The molecule has 1 heterocycles. The van der Waals surface area contributed by atoms with E-state index in [-0.39, 0.29) is 57.6 Å². The van der Waals surface area contributed by atoms with Gasteiger partial charge in [-0.15, -0.1) is 0 Å². The number of para-hydroxylation sites is 1. The molecule has 0 bridgehead atoms. The number of carbonyl (C=O) groups excluding carboxylic acids is 8. The van der Waals surface area contributed by atoms with E-state index in [4.69, 9.17) is 14.2 Å². The van der Waals surface area contributed by atoms with E-state index >= 15 is 19.2 Å². The van der Waals surface area contributed by atoms with Gasteiger partial charge in [-0.3, -0.25) is 28.5 Å². The molecule has 7 aromatic rings. The lowest BCUT2D eigenvalue weighted by Crippen LogP contribution is -2.60. The van der Waals surface area contributed by atoms with E-state index in [0.717, 1.165) is 22.3 Å². The fraction of sp³-hybridized carbons (Fsp3) is 0.365. The van der Waals surface area contributed by atoms with E-state index in [1.165, 1.54) is 10.8 Å². The van der Waals surface area contributed by atoms with Crippen molar-refractivity contribution in [1.29, 1.82) is 0 Å². The Morgan fingerprint density at radius 3 is 1.37 bits per heavy atom. The molecule has 21 heteroatoms. The molecule has 0 unspecified atom stereocenters. The molecule has 6 aromatic carbocycles. The molecule has 0 saturated heterocycles. The number of benzene rings is 6. The molecule has 0 radical (unpaired) electrons. The van der Waals surface area contributed by atoms with E-state index in [1.807, 2.05) is 54.6 Å². The van der Waals surface area contributed by atoms with Crippen LogP contribution >= 0.6 is 0 Å². The van der Waals surface area contributed by atoms with Gasteiger partial charge in [-0.1, -0.05) is 172 Å². The SMILES string of the molecule is CC(C)[C@H](NC(=O)[C@H](CCCCNC(=O)OC(C)(C)C)NC(=O)[C@H](Cc1ccccc1)NC(=O)[C@H](Cc1cn(C(=O)OC(C)(C)C)c2ccccc12)NC(=O)[C@H](Cc1ccccc1)NC(=O)[C@H](Cc1ccccc1)NC(=O)OCC1c2ccccc2-c2ccccc21)C(=O)O. The summed E-state index contributed by atoms with van der Waals surface area (Å²) in [5.41, 5.74) is 5.15. The minimum absolute atomic E-state index is 0.0140. The van der Waals surface area contributed by atoms with Crippen LogP contribution in [0.4, 0.5) is 14.4 Å². The normalized spacial score (nSPS) is 13.9. The molecule has 7 amide bonds. The molecule has 8 N–H and O–H groups in total. The number of aromatic nitrogens is 1. The predicted molar refractivity (Wildman–Crippen MR) is 360 cm³/mol. The molecule has 0 aliphatic heterocycles. The van der Waals surface area contributed by atoms with Crippen molar-refractivity contribution in [3.63, 3.8) is 0 Å². The highest BCUT2D eigenvalue weighted by Crippen LogP contribution is 2.44. The van der Waals surface area contributed by atoms with Crippen molar-refractivity contribution in [3.05, 3.63) is 203 Å². The van der Waals surface area contributed by atoms with Crippen molar-refractivity contribution in [2.75, 3.05) is 13.2 Å². The van der Waals surface area contributed by atoms with Crippen molar-refractivity contribution in [2.45, 2.75) is 154 Å². The zero-order valence-corrected chi connectivity index (χ0v) is 54.9. The summed E-state index contributed by atoms with van der Waals surface area (Å²) in [5.74, 6) is -6.23. The number of amides is 7. The van der Waals surface area contributed by atoms with Crippen molar-refractivity contribution in [2.24, 2.45) is 5.92 Å². The quantitative estimate of drug-likeness (QED) is 0.0168. The van der Waals surface area contributed by atoms with Crippen LogP contribution in [0, 0.1) is 5.92 Å². The van der Waals surface area contributed by atoms with Gasteiger partial charge in [0.2, 0.25) is 29.5 Å². The average Bonchev–Trinajstić information content (AvgIpc) is 1.63. The predicted octanol–water partition coefficient (Wildman–Crippen LogP) is 9.46. The monoisotopic (exact) mass is 1290 g/mol. The molecule has 1 aromatic heterocycles. The third kappa shape index (κ3) is 20.3. The van der Waals surface area contributed by atoms with Gasteiger partial charge in [0, 0.05) is 49.7 Å². The Labute approximate surface area is 553 Å². The Morgan fingerprint density at radius 1 is 0.474 bits per heavy atom. The zero-order chi connectivity index (χ0) is 68.4. The standard InChI is InChI=1S/C74H86N8O13/c1-46(2)63(69(88)89)81-64(83)57(37-24-25-39-75-70(90)94-73(3,4)5)76-65(84)58(40-47-26-12-9-13-27-47)78-68(87)61(43-50-44-82(72(92)95-74(6,7)8)62-38-23-22-32-51(50)62)79-66(85)59(41-48-28-14-10-15-29-48)77-67(86)60(42-49-30-16-11-17-31-49)80-71(91)93-45-56-54-35-20-18-33-52(54)53-34-19-21-36-55(53)56/h9-23,26-36,38,44,46,56-61,63H,24-25,37,39-43,45H2,1-8H3,(H,75,90)(H,76,84)(H,77,86)(H,78,87)(H,79,85)(H,80,91)(H,81,83)(H,88,89)/t57-,58-,59-,60-,61-,63-/m0/s1. The zero-order valence-electron chi connectivity index (χ0n) is 54.9. The summed E-state index contributed by atoms with van der Waals surface area (Å²) in [6, 6.07) is 40.9. The Bertz CT molecular complexity index is 3780. The maximum absolute atomic E-state index is 15.5. The number of rotatable bonds is 28. The average molecular weight is 1300 g/mol. The van der Waals surface area contributed by atoms with Crippen LogP contribution in [0.5, 0.6) is 0 Å². The molecule has 0 fully saturated rings. The number of carboxylic acid groups (broad SMARTS) is 1. The molecule has 1 aliphatic rings. The van der Waals surface area contributed by atoms with Crippen molar-refractivity contribution in [3.8, 4) is 11.1 Å². The van der Waals surface area contributed by atoms with Crippen LogP contribution in [-0.2, 0) is 68.7 Å². The number of hydrogen-bond donors (Lipinski definition) is 8. The number of ether oxygens (including phenoxy) is 3.